The topological polar surface area (TPSA) is 80.9 Å². The number of rotatable bonds is 8. The summed E-state index contributed by atoms with van der Waals surface area (Å²) in [6.45, 7) is 3.94. The van der Waals surface area contributed by atoms with E-state index in [4.69, 9.17) is 4.52 Å². The van der Waals surface area contributed by atoms with Crippen molar-refractivity contribution < 1.29 is 9.32 Å². The minimum atomic E-state index is -0.135. The normalized spacial score (nSPS) is 10.8. The van der Waals surface area contributed by atoms with Crippen molar-refractivity contribution in [2.24, 2.45) is 0 Å². The van der Waals surface area contributed by atoms with Crippen LogP contribution in [-0.4, -0.2) is 32.8 Å². The molecule has 0 aliphatic rings. The Morgan fingerprint density at radius 1 is 1.38 bits per heavy atom. The monoisotopic (exact) mass is 344 g/mol. The van der Waals surface area contributed by atoms with E-state index in [-0.39, 0.29) is 11.7 Å². The van der Waals surface area contributed by atoms with Gasteiger partial charge in [0.2, 0.25) is 5.91 Å². The Morgan fingerprint density at radius 3 is 2.81 bits per heavy atom. The molecule has 9 heteroatoms. The first-order valence-electron chi connectivity index (χ1n) is 6.49. The first kappa shape index (κ1) is 16.3. The second-order valence-electron chi connectivity index (χ2n) is 4.20. The molecule has 6 nitrogen and oxygen atoms in total. The van der Waals surface area contributed by atoms with Crippen molar-refractivity contribution in [2.45, 2.75) is 35.4 Å². The van der Waals surface area contributed by atoms with Crippen LogP contribution < -0.4 is 5.32 Å². The summed E-state index contributed by atoms with van der Waals surface area (Å²) in [4.78, 5) is 11.8. The molecule has 1 amide bonds. The highest BCUT2D eigenvalue weighted by Gasteiger charge is 2.10. The number of hydrogen-bond donors (Lipinski definition) is 1. The van der Waals surface area contributed by atoms with E-state index in [0.29, 0.717) is 11.6 Å². The van der Waals surface area contributed by atoms with Crippen LogP contribution >= 0.6 is 34.9 Å². The van der Waals surface area contributed by atoms with Crippen molar-refractivity contribution in [2.75, 3.05) is 16.8 Å². The molecule has 2 aromatic heterocycles. The number of anilines is 1. The average molecular weight is 344 g/mol. The van der Waals surface area contributed by atoms with E-state index >= 15 is 0 Å². The third-order valence-corrected chi connectivity index (χ3v) is 5.61. The van der Waals surface area contributed by atoms with Crippen molar-refractivity contribution in [3.8, 4) is 0 Å². The molecular formula is C12H16N4O2S3. The van der Waals surface area contributed by atoms with Crippen molar-refractivity contribution in [1.82, 2.24) is 15.4 Å². The second kappa shape index (κ2) is 8.40. The first-order valence-corrected chi connectivity index (χ1v) is 9.28. The molecule has 0 atom stereocenters. The van der Waals surface area contributed by atoms with E-state index in [1.807, 2.05) is 0 Å². The van der Waals surface area contributed by atoms with Crippen molar-refractivity contribution in [3.63, 3.8) is 0 Å². The molecule has 0 aromatic carbocycles. The van der Waals surface area contributed by atoms with Gasteiger partial charge in [0.25, 0.3) is 0 Å². The molecule has 0 radical (unpaired) electrons. The Labute approximate surface area is 135 Å². The number of unbranched alkanes of at least 4 members (excludes halogenated alkanes) is 1. The quantitative estimate of drug-likeness (QED) is 0.580. The van der Waals surface area contributed by atoms with Crippen molar-refractivity contribution in [1.29, 1.82) is 0 Å². The van der Waals surface area contributed by atoms with E-state index in [0.717, 1.165) is 14.4 Å². The van der Waals surface area contributed by atoms with Crippen LogP contribution in [0.25, 0.3) is 0 Å². The number of thioether (sulfide) groups is 2. The Morgan fingerprint density at radius 2 is 2.14 bits per heavy atom. The van der Waals surface area contributed by atoms with E-state index in [9.17, 15) is 4.79 Å². The third-order valence-electron chi connectivity index (χ3n) is 2.33. The van der Waals surface area contributed by atoms with Crippen LogP contribution in [0.1, 0.15) is 25.5 Å². The molecule has 21 heavy (non-hydrogen) atoms. The zero-order valence-electron chi connectivity index (χ0n) is 11.8. The van der Waals surface area contributed by atoms with E-state index in [1.165, 1.54) is 35.9 Å². The van der Waals surface area contributed by atoms with Gasteiger partial charge in [-0.05, 0) is 13.3 Å². The molecule has 2 rings (SSSR count). The van der Waals surface area contributed by atoms with Crippen LogP contribution in [0.2, 0.25) is 0 Å². The van der Waals surface area contributed by atoms with Gasteiger partial charge in [0.1, 0.15) is 5.76 Å². The Kier molecular flexibility index (Phi) is 6.52. The number of aromatic nitrogens is 3. The number of aryl methyl sites for hydroxylation is 1. The minimum Gasteiger partial charge on any atom is -0.360 e. The Balaban J connectivity index is 1.73. The van der Waals surface area contributed by atoms with Gasteiger partial charge >= 0.3 is 0 Å². The van der Waals surface area contributed by atoms with E-state index in [1.54, 1.807) is 24.8 Å². The summed E-state index contributed by atoms with van der Waals surface area (Å²) in [6, 6.07) is 1.68. The summed E-state index contributed by atoms with van der Waals surface area (Å²) >= 11 is 4.62. The summed E-state index contributed by atoms with van der Waals surface area (Å²) in [5, 5.41) is 14.6. The lowest BCUT2D eigenvalue weighted by Crippen LogP contribution is -2.14. The number of carbonyl (C=O) groups is 1. The lowest BCUT2D eigenvalue weighted by Gasteiger charge is -1.98. The summed E-state index contributed by atoms with van der Waals surface area (Å²) in [5.74, 6) is 2.30. The molecule has 0 saturated heterocycles. The molecule has 0 unspecified atom stereocenters. The largest absolute Gasteiger partial charge is 0.360 e. The van der Waals surface area contributed by atoms with E-state index < -0.39 is 0 Å². The van der Waals surface area contributed by atoms with Crippen molar-refractivity contribution >= 4 is 46.6 Å². The van der Waals surface area contributed by atoms with Gasteiger partial charge in [-0.2, -0.15) is 0 Å². The highest BCUT2D eigenvalue weighted by molar-refractivity contribution is 8.03. The first-order chi connectivity index (χ1) is 10.2. The fourth-order valence-electron chi connectivity index (χ4n) is 1.35. The lowest BCUT2D eigenvalue weighted by molar-refractivity contribution is -0.113. The van der Waals surface area contributed by atoms with Gasteiger partial charge in [0.05, 0.1) is 5.75 Å². The molecule has 0 aliphatic carbocycles. The fraction of sp³-hybridized carbons (Fsp3) is 0.500. The van der Waals surface area contributed by atoms with Gasteiger partial charge in [-0.15, -0.1) is 10.2 Å². The maximum Gasteiger partial charge on any atom is 0.236 e. The Bertz CT molecular complexity index is 585. The van der Waals surface area contributed by atoms with Gasteiger partial charge in [0, 0.05) is 11.8 Å². The number of amides is 1. The standard InChI is InChI=1S/C12H16N4O2S3/c1-3-4-5-19-11-14-15-12(21-11)20-7-10(17)13-9-6-8(2)18-16-9/h6H,3-5,7H2,1-2H3,(H,13,16,17). The van der Waals surface area contributed by atoms with Crippen LogP contribution in [0.5, 0.6) is 0 Å². The number of carbonyl (C=O) groups excluding carboxylic acids is 1. The molecule has 0 aliphatic heterocycles. The molecule has 0 spiro atoms. The highest BCUT2D eigenvalue weighted by Crippen LogP contribution is 2.29. The zero-order chi connectivity index (χ0) is 15.1. The highest BCUT2D eigenvalue weighted by atomic mass is 32.2. The molecule has 0 bridgehead atoms. The van der Waals surface area contributed by atoms with Gasteiger partial charge in [-0.1, -0.05) is 53.4 Å². The average Bonchev–Trinajstić information content (AvgIpc) is 3.06. The fourth-order valence-corrected chi connectivity index (χ4v) is 4.32. The Hall–Kier alpha value is -1.06. The molecule has 2 heterocycles. The third kappa shape index (κ3) is 5.68. The summed E-state index contributed by atoms with van der Waals surface area (Å²) in [5.41, 5.74) is 0. The maximum atomic E-state index is 11.8. The smallest absolute Gasteiger partial charge is 0.236 e. The zero-order valence-corrected chi connectivity index (χ0v) is 14.2. The molecule has 0 fully saturated rings. The molecule has 1 N–H and O–H groups in total. The number of nitrogens with zero attached hydrogens (tertiary/aromatic N) is 3. The molecule has 114 valence electrons. The van der Waals surface area contributed by atoms with Crippen LogP contribution in [0.4, 0.5) is 5.82 Å². The minimum absolute atomic E-state index is 0.135. The van der Waals surface area contributed by atoms with Gasteiger partial charge in [0.15, 0.2) is 14.5 Å². The summed E-state index contributed by atoms with van der Waals surface area (Å²) in [6.07, 6.45) is 2.35. The summed E-state index contributed by atoms with van der Waals surface area (Å²) in [7, 11) is 0. The summed E-state index contributed by atoms with van der Waals surface area (Å²) < 4.78 is 6.65. The van der Waals surface area contributed by atoms with Gasteiger partial charge in [-0.25, -0.2) is 0 Å². The number of nitrogens with one attached hydrogen (secondary N) is 1. The number of hydrogen-bond acceptors (Lipinski definition) is 8. The van der Waals surface area contributed by atoms with Crippen LogP contribution in [0.3, 0.4) is 0 Å². The van der Waals surface area contributed by atoms with Crippen LogP contribution in [0, 0.1) is 6.92 Å². The lowest BCUT2D eigenvalue weighted by atomic mass is 10.4. The maximum absolute atomic E-state index is 11.8. The van der Waals surface area contributed by atoms with Crippen molar-refractivity contribution in [3.05, 3.63) is 11.8 Å². The predicted octanol–water partition coefficient (Wildman–Crippen LogP) is 3.46. The second-order valence-corrected chi connectivity index (χ2v) is 7.74. The van der Waals surface area contributed by atoms with E-state index in [2.05, 4.69) is 27.6 Å². The molecule has 2 aromatic rings. The van der Waals surface area contributed by atoms with Crippen LogP contribution in [-0.2, 0) is 4.79 Å². The van der Waals surface area contributed by atoms with Gasteiger partial charge in [-0.3, -0.25) is 4.79 Å². The SMILES string of the molecule is CCCCSc1nnc(SCC(=O)Nc2cc(C)on2)s1. The van der Waals surface area contributed by atoms with Crippen LogP contribution in [0.15, 0.2) is 19.3 Å². The van der Waals surface area contributed by atoms with Gasteiger partial charge < -0.3 is 9.84 Å². The molecule has 0 saturated carbocycles. The molecular weight excluding hydrogens is 328 g/mol. The predicted molar refractivity (Wildman–Crippen MR) is 86.1 cm³/mol.